The van der Waals surface area contributed by atoms with Gasteiger partial charge in [0.1, 0.15) is 11.9 Å². The monoisotopic (exact) mass is 332 g/mol. The first-order valence-electron chi connectivity index (χ1n) is 7.47. The van der Waals surface area contributed by atoms with Gasteiger partial charge in [0.15, 0.2) is 0 Å². The van der Waals surface area contributed by atoms with E-state index in [0.717, 1.165) is 29.9 Å². The number of ether oxygens (including phenoxy) is 2. The number of rotatable bonds is 5. The maximum absolute atomic E-state index is 11.1. The van der Waals surface area contributed by atoms with Gasteiger partial charge in [-0.2, -0.15) is 0 Å². The van der Waals surface area contributed by atoms with E-state index in [1.54, 1.807) is 12.1 Å². The standard InChI is InChI=1S/C18H17ClO4/c19-17-6-3-13(18(20)21)10-14(17)9-12-1-4-15(5-2-12)23-16-7-8-22-11-16/h1-6,10,16H,7-9,11H2,(H,20,21)/t16-/m0/s1. The third kappa shape index (κ3) is 4.03. The Labute approximate surface area is 139 Å². The summed E-state index contributed by atoms with van der Waals surface area (Å²) in [5, 5.41) is 9.64. The molecule has 0 aliphatic carbocycles. The van der Waals surface area contributed by atoms with Gasteiger partial charge in [-0.15, -0.1) is 0 Å². The van der Waals surface area contributed by atoms with Crippen LogP contribution in [0, 0.1) is 0 Å². The fourth-order valence-electron chi connectivity index (χ4n) is 2.55. The van der Waals surface area contributed by atoms with Gasteiger partial charge in [0.2, 0.25) is 0 Å². The Balaban J connectivity index is 1.70. The Kier molecular flexibility index (Phi) is 4.84. The lowest BCUT2D eigenvalue weighted by Crippen LogP contribution is -2.15. The second-order valence-corrected chi connectivity index (χ2v) is 5.94. The zero-order chi connectivity index (χ0) is 16.2. The number of hydrogen-bond donors (Lipinski definition) is 1. The molecule has 0 radical (unpaired) electrons. The van der Waals surface area contributed by atoms with Crippen molar-refractivity contribution < 1.29 is 19.4 Å². The molecular formula is C18H17ClO4. The van der Waals surface area contributed by atoms with Crippen molar-refractivity contribution >= 4 is 17.6 Å². The van der Waals surface area contributed by atoms with E-state index in [9.17, 15) is 4.79 Å². The summed E-state index contributed by atoms with van der Waals surface area (Å²) in [4.78, 5) is 11.1. The molecule has 0 spiro atoms. The van der Waals surface area contributed by atoms with Crippen LogP contribution in [0.3, 0.4) is 0 Å². The Morgan fingerprint density at radius 1 is 1.26 bits per heavy atom. The predicted molar refractivity (Wildman–Crippen MR) is 87.5 cm³/mol. The minimum Gasteiger partial charge on any atom is -0.488 e. The summed E-state index contributed by atoms with van der Waals surface area (Å²) in [6.45, 7) is 1.39. The highest BCUT2D eigenvalue weighted by Crippen LogP contribution is 2.23. The van der Waals surface area contributed by atoms with Gasteiger partial charge in [-0.05, 0) is 47.9 Å². The molecule has 1 aliphatic heterocycles. The molecule has 5 heteroatoms. The van der Waals surface area contributed by atoms with Gasteiger partial charge in [0, 0.05) is 11.4 Å². The molecule has 2 aromatic carbocycles. The summed E-state index contributed by atoms with van der Waals surface area (Å²) in [5.74, 6) is -0.139. The molecule has 0 aromatic heterocycles. The van der Waals surface area contributed by atoms with Crippen molar-refractivity contribution in [2.45, 2.75) is 18.9 Å². The molecule has 120 valence electrons. The molecule has 3 rings (SSSR count). The highest BCUT2D eigenvalue weighted by atomic mass is 35.5. The maximum Gasteiger partial charge on any atom is 0.335 e. The number of carboxylic acids is 1. The van der Waals surface area contributed by atoms with E-state index in [1.807, 2.05) is 24.3 Å². The average molecular weight is 333 g/mol. The first kappa shape index (κ1) is 15.8. The lowest BCUT2D eigenvalue weighted by atomic mass is 10.0. The Bertz CT molecular complexity index is 691. The van der Waals surface area contributed by atoms with Crippen LogP contribution in [0.2, 0.25) is 5.02 Å². The van der Waals surface area contributed by atoms with Crippen molar-refractivity contribution in [1.82, 2.24) is 0 Å². The van der Waals surface area contributed by atoms with Crippen LogP contribution in [0.5, 0.6) is 5.75 Å². The number of aromatic carboxylic acids is 1. The van der Waals surface area contributed by atoms with Crippen LogP contribution in [0.1, 0.15) is 27.9 Å². The van der Waals surface area contributed by atoms with Crippen LogP contribution in [0.15, 0.2) is 42.5 Å². The lowest BCUT2D eigenvalue weighted by molar-refractivity contribution is 0.0697. The molecule has 0 bridgehead atoms. The Morgan fingerprint density at radius 3 is 2.70 bits per heavy atom. The van der Waals surface area contributed by atoms with Gasteiger partial charge in [-0.3, -0.25) is 0 Å². The molecule has 2 aromatic rings. The Morgan fingerprint density at radius 2 is 2.04 bits per heavy atom. The van der Waals surface area contributed by atoms with E-state index in [1.165, 1.54) is 6.07 Å². The first-order valence-corrected chi connectivity index (χ1v) is 7.84. The van der Waals surface area contributed by atoms with Gasteiger partial charge >= 0.3 is 5.97 Å². The van der Waals surface area contributed by atoms with Gasteiger partial charge < -0.3 is 14.6 Å². The zero-order valence-electron chi connectivity index (χ0n) is 12.5. The van der Waals surface area contributed by atoms with Gasteiger partial charge in [-0.1, -0.05) is 23.7 Å². The molecular weight excluding hydrogens is 316 g/mol. The number of benzene rings is 2. The van der Waals surface area contributed by atoms with Gasteiger partial charge in [-0.25, -0.2) is 4.79 Å². The van der Waals surface area contributed by atoms with Gasteiger partial charge in [0.25, 0.3) is 0 Å². The number of carboxylic acid groups (broad SMARTS) is 1. The molecule has 0 saturated carbocycles. The fraction of sp³-hybridized carbons (Fsp3) is 0.278. The zero-order valence-corrected chi connectivity index (χ0v) is 13.3. The number of hydrogen-bond acceptors (Lipinski definition) is 3. The minimum absolute atomic E-state index is 0.127. The molecule has 1 aliphatic rings. The quantitative estimate of drug-likeness (QED) is 0.905. The summed E-state index contributed by atoms with van der Waals surface area (Å²) in [6, 6.07) is 12.5. The summed E-state index contributed by atoms with van der Waals surface area (Å²) in [7, 11) is 0. The molecule has 1 fully saturated rings. The van der Waals surface area contributed by atoms with Crippen LogP contribution < -0.4 is 4.74 Å². The van der Waals surface area contributed by atoms with E-state index in [-0.39, 0.29) is 11.7 Å². The van der Waals surface area contributed by atoms with Crippen LogP contribution in [-0.2, 0) is 11.2 Å². The van der Waals surface area contributed by atoms with E-state index < -0.39 is 5.97 Å². The molecule has 0 amide bonds. The van der Waals surface area contributed by atoms with Crippen LogP contribution in [-0.4, -0.2) is 30.4 Å². The summed E-state index contributed by atoms with van der Waals surface area (Å²) in [5.41, 5.74) is 2.08. The van der Waals surface area contributed by atoms with Crippen LogP contribution >= 0.6 is 11.6 Å². The largest absolute Gasteiger partial charge is 0.488 e. The second-order valence-electron chi connectivity index (χ2n) is 5.54. The molecule has 1 saturated heterocycles. The predicted octanol–water partition coefficient (Wildman–Crippen LogP) is 3.80. The fourth-order valence-corrected chi connectivity index (χ4v) is 2.73. The van der Waals surface area contributed by atoms with Crippen molar-refractivity contribution in [3.63, 3.8) is 0 Å². The highest BCUT2D eigenvalue weighted by Gasteiger charge is 2.17. The van der Waals surface area contributed by atoms with Crippen molar-refractivity contribution in [3.8, 4) is 5.75 Å². The topological polar surface area (TPSA) is 55.8 Å². The second kappa shape index (κ2) is 7.02. The van der Waals surface area contributed by atoms with E-state index >= 15 is 0 Å². The van der Waals surface area contributed by atoms with E-state index in [4.69, 9.17) is 26.2 Å². The van der Waals surface area contributed by atoms with Crippen molar-refractivity contribution in [2.24, 2.45) is 0 Å². The smallest absolute Gasteiger partial charge is 0.335 e. The van der Waals surface area contributed by atoms with E-state index in [0.29, 0.717) is 18.1 Å². The molecule has 23 heavy (non-hydrogen) atoms. The molecule has 0 unspecified atom stereocenters. The van der Waals surface area contributed by atoms with Crippen molar-refractivity contribution in [3.05, 3.63) is 64.2 Å². The van der Waals surface area contributed by atoms with Crippen molar-refractivity contribution in [2.75, 3.05) is 13.2 Å². The summed E-state index contributed by atoms with van der Waals surface area (Å²) >= 11 is 6.16. The Hall–Kier alpha value is -2.04. The molecule has 1 heterocycles. The summed E-state index contributed by atoms with van der Waals surface area (Å²) in [6.07, 6.45) is 1.62. The van der Waals surface area contributed by atoms with E-state index in [2.05, 4.69) is 0 Å². The normalized spacial score (nSPS) is 17.2. The first-order chi connectivity index (χ1) is 11.1. The van der Waals surface area contributed by atoms with Crippen LogP contribution in [0.4, 0.5) is 0 Å². The summed E-state index contributed by atoms with van der Waals surface area (Å²) < 4.78 is 11.1. The SMILES string of the molecule is O=C(O)c1ccc(Cl)c(Cc2ccc(O[C@H]3CCOC3)cc2)c1. The third-order valence-corrected chi connectivity index (χ3v) is 4.17. The number of halogens is 1. The molecule has 1 N–H and O–H groups in total. The minimum atomic E-state index is -0.953. The average Bonchev–Trinajstić information content (AvgIpc) is 3.04. The van der Waals surface area contributed by atoms with Gasteiger partial charge in [0.05, 0.1) is 18.8 Å². The lowest BCUT2D eigenvalue weighted by Gasteiger charge is -2.12. The maximum atomic E-state index is 11.1. The third-order valence-electron chi connectivity index (χ3n) is 3.80. The molecule has 4 nitrogen and oxygen atoms in total. The molecule has 1 atom stereocenters. The van der Waals surface area contributed by atoms with Crippen molar-refractivity contribution in [1.29, 1.82) is 0 Å². The highest BCUT2D eigenvalue weighted by molar-refractivity contribution is 6.31. The van der Waals surface area contributed by atoms with Crippen LogP contribution in [0.25, 0.3) is 0 Å². The number of carbonyl (C=O) groups is 1.